The minimum Gasteiger partial charge on any atom is -0.506 e. The number of phenolic OH excluding ortho intramolecular Hbond substituents is 1. The molecule has 1 heterocycles. The molecule has 92 valence electrons. The van der Waals surface area contributed by atoms with Crippen molar-refractivity contribution in [1.29, 1.82) is 0 Å². The molecule has 0 fully saturated rings. The first kappa shape index (κ1) is 11.6. The fourth-order valence-corrected chi connectivity index (χ4v) is 1.34. The second-order valence-electron chi connectivity index (χ2n) is 3.48. The minimum absolute atomic E-state index is 0.0288. The molecule has 0 saturated heterocycles. The van der Waals surface area contributed by atoms with E-state index in [-0.39, 0.29) is 22.6 Å². The standard InChI is InChI=1S/C11H9N3O4/c15-9-2-1-6(11(17)18)3-8(9)14-10(16)7-4-12-13-5-7/h1-5,15H,(H,12,13)(H,14,16)(H,17,18). The van der Waals surface area contributed by atoms with Crippen molar-refractivity contribution in [3.63, 3.8) is 0 Å². The highest BCUT2D eigenvalue weighted by Gasteiger charge is 2.12. The monoisotopic (exact) mass is 247 g/mol. The number of aromatic nitrogens is 2. The molecule has 7 heteroatoms. The zero-order chi connectivity index (χ0) is 13.1. The number of phenols is 1. The number of aromatic hydroxyl groups is 1. The van der Waals surface area contributed by atoms with Gasteiger partial charge in [-0.05, 0) is 18.2 Å². The van der Waals surface area contributed by atoms with Gasteiger partial charge in [0.2, 0.25) is 0 Å². The fraction of sp³-hybridized carbons (Fsp3) is 0. The predicted octanol–water partition coefficient (Wildman–Crippen LogP) is 1.07. The number of hydrogen-bond acceptors (Lipinski definition) is 4. The van der Waals surface area contributed by atoms with Crippen LogP contribution in [0.5, 0.6) is 5.75 Å². The SMILES string of the molecule is O=C(O)c1ccc(O)c(NC(=O)c2cn[nH]c2)c1. The van der Waals surface area contributed by atoms with Gasteiger partial charge in [0.25, 0.3) is 5.91 Å². The Morgan fingerprint density at radius 1 is 1.28 bits per heavy atom. The molecule has 1 amide bonds. The zero-order valence-corrected chi connectivity index (χ0v) is 9.04. The molecule has 2 aromatic rings. The summed E-state index contributed by atoms with van der Waals surface area (Å²) < 4.78 is 0. The molecular weight excluding hydrogens is 238 g/mol. The van der Waals surface area contributed by atoms with Gasteiger partial charge in [0, 0.05) is 6.20 Å². The van der Waals surface area contributed by atoms with E-state index in [1.165, 1.54) is 30.6 Å². The maximum atomic E-state index is 11.7. The lowest BCUT2D eigenvalue weighted by Crippen LogP contribution is -2.11. The molecule has 0 unspecified atom stereocenters. The predicted molar refractivity (Wildman–Crippen MR) is 61.6 cm³/mol. The van der Waals surface area contributed by atoms with Crippen molar-refractivity contribution in [3.05, 3.63) is 41.7 Å². The summed E-state index contributed by atoms with van der Waals surface area (Å²) >= 11 is 0. The number of carbonyl (C=O) groups is 2. The smallest absolute Gasteiger partial charge is 0.335 e. The molecule has 1 aromatic carbocycles. The molecule has 2 rings (SSSR count). The Kier molecular flexibility index (Phi) is 2.96. The van der Waals surface area contributed by atoms with Crippen molar-refractivity contribution in [1.82, 2.24) is 10.2 Å². The van der Waals surface area contributed by atoms with Gasteiger partial charge < -0.3 is 15.5 Å². The van der Waals surface area contributed by atoms with E-state index >= 15 is 0 Å². The highest BCUT2D eigenvalue weighted by molar-refractivity contribution is 6.05. The number of carboxylic acid groups (broad SMARTS) is 1. The van der Waals surface area contributed by atoms with Gasteiger partial charge in [0.15, 0.2) is 0 Å². The molecule has 0 aliphatic rings. The number of aromatic carboxylic acids is 1. The summed E-state index contributed by atoms with van der Waals surface area (Å²) in [4.78, 5) is 22.4. The van der Waals surface area contributed by atoms with Crippen LogP contribution in [0.3, 0.4) is 0 Å². The highest BCUT2D eigenvalue weighted by atomic mass is 16.4. The summed E-state index contributed by atoms with van der Waals surface area (Å²) in [6.45, 7) is 0. The van der Waals surface area contributed by atoms with E-state index in [2.05, 4.69) is 15.5 Å². The third kappa shape index (κ3) is 2.29. The lowest BCUT2D eigenvalue weighted by Gasteiger charge is -2.06. The van der Waals surface area contributed by atoms with Crippen LogP contribution in [0, 0.1) is 0 Å². The molecular formula is C11H9N3O4. The van der Waals surface area contributed by atoms with Crippen molar-refractivity contribution >= 4 is 17.6 Å². The van der Waals surface area contributed by atoms with Gasteiger partial charge in [-0.2, -0.15) is 5.10 Å². The first-order chi connectivity index (χ1) is 8.58. The van der Waals surface area contributed by atoms with Crippen LogP contribution in [0.1, 0.15) is 20.7 Å². The van der Waals surface area contributed by atoms with Crippen LogP contribution in [0.2, 0.25) is 0 Å². The summed E-state index contributed by atoms with van der Waals surface area (Å²) in [5, 5.41) is 26.8. The second kappa shape index (κ2) is 4.58. The molecule has 0 spiro atoms. The minimum atomic E-state index is -1.14. The van der Waals surface area contributed by atoms with E-state index < -0.39 is 11.9 Å². The first-order valence-electron chi connectivity index (χ1n) is 4.94. The number of H-pyrrole nitrogens is 1. The number of anilines is 1. The maximum absolute atomic E-state index is 11.7. The van der Waals surface area contributed by atoms with Gasteiger partial charge in [-0.1, -0.05) is 0 Å². The first-order valence-corrected chi connectivity index (χ1v) is 4.94. The van der Waals surface area contributed by atoms with Crippen LogP contribution in [-0.2, 0) is 0 Å². The van der Waals surface area contributed by atoms with Crippen LogP contribution in [-0.4, -0.2) is 32.3 Å². The average Bonchev–Trinajstić information content (AvgIpc) is 2.85. The maximum Gasteiger partial charge on any atom is 0.335 e. The summed E-state index contributed by atoms with van der Waals surface area (Å²) in [6, 6.07) is 3.62. The fourth-order valence-electron chi connectivity index (χ4n) is 1.34. The molecule has 7 nitrogen and oxygen atoms in total. The average molecular weight is 247 g/mol. The Bertz CT molecular complexity index is 592. The highest BCUT2D eigenvalue weighted by Crippen LogP contribution is 2.24. The van der Waals surface area contributed by atoms with Gasteiger partial charge in [0.05, 0.1) is 23.0 Å². The van der Waals surface area contributed by atoms with E-state index in [0.717, 1.165) is 0 Å². The van der Waals surface area contributed by atoms with Crippen LogP contribution in [0.4, 0.5) is 5.69 Å². The van der Waals surface area contributed by atoms with E-state index in [0.29, 0.717) is 0 Å². The Hall–Kier alpha value is -2.83. The normalized spacial score (nSPS) is 10.0. The number of nitrogens with one attached hydrogen (secondary N) is 2. The second-order valence-corrected chi connectivity index (χ2v) is 3.48. The molecule has 1 aromatic heterocycles. The summed E-state index contributed by atoms with van der Waals surface area (Å²) in [5.74, 6) is -1.85. The third-order valence-corrected chi connectivity index (χ3v) is 2.25. The van der Waals surface area contributed by atoms with Crippen LogP contribution in [0.25, 0.3) is 0 Å². The van der Waals surface area contributed by atoms with Crippen molar-refractivity contribution in [2.75, 3.05) is 5.32 Å². The number of benzene rings is 1. The quantitative estimate of drug-likeness (QED) is 0.605. The van der Waals surface area contributed by atoms with Crippen LogP contribution < -0.4 is 5.32 Å². The molecule has 4 N–H and O–H groups in total. The number of carboxylic acids is 1. The molecule has 0 bridgehead atoms. The number of amides is 1. The number of nitrogens with zero attached hydrogens (tertiary/aromatic N) is 1. The Balaban J connectivity index is 2.26. The molecule has 0 saturated carbocycles. The van der Waals surface area contributed by atoms with Crippen molar-refractivity contribution in [2.45, 2.75) is 0 Å². The number of rotatable bonds is 3. The van der Waals surface area contributed by atoms with Crippen molar-refractivity contribution < 1.29 is 19.8 Å². The Morgan fingerprint density at radius 2 is 2.06 bits per heavy atom. The van der Waals surface area contributed by atoms with E-state index in [4.69, 9.17) is 5.11 Å². The number of aromatic amines is 1. The van der Waals surface area contributed by atoms with E-state index in [1.807, 2.05) is 0 Å². The van der Waals surface area contributed by atoms with Crippen molar-refractivity contribution in [3.8, 4) is 5.75 Å². The van der Waals surface area contributed by atoms with Gasteiger partial charge in [-0.15, -0.1) is 0 Å². The molecule has 0 radical (unpaired) electrons. The zero-order valence-electron chi connectivity index (χ0n) is 9.04. The summed E-state index contributed by atoms with van der Waals surface area (Å²) in [7, 11) is 0. The largest absolute Gasteiger partial charge is 0.506 e. The van der Waals surface area contributed by atoms with Crippen LogP contribution in [0.15, 0.2) is 30.6 Å². The van der Waals surface area contributed by atoms with E-state index in [9.17, 15) is 14.7 Å². The lowest BCUT2D eigenvalue weighted by atomic mass is 10.2. The van der Waals surface area contributed by atoms with E-state index in [1.54, 1.807) is 0 Å². The number of hydrogen-bond donors (Lipinski definition) is 4. The topological polar surface area (TPSA) is 115 Å². The summed E-state index contributed by atoms with van der Waals surface area (Å²) in [6.07, 6.45) is 2.70. The Labute approximate surface area is 101 Å². The van der Waals surface area contributed by atoms with Crippen LogP contribution >= 0.6 is 0 Å². The van der Waals surface area contributed by atoms with Crippen molar-refractivity contribution in [2.24, 2.45) is 0 Å². The molecule has 18 heavy (non-hydrogen) atoms. The Morgan fingerprint density at radius 3 is 2.67 bits per heavy atom. The molecule has 0 aliphatic carbocycles. The third-order valence-electron chi connectivity index (χ3n) is 2.25. The van der Waals surface area contributed by atoms with Gasteiger partial charge in [-0.3, -0.25) is 9.89 Å². The number of carbonyl (C=O) groups excluding carboxylic acids is 1. The van der Waals surface area contributed by atoms with Gasteiger partial charge >= 0.3 is 5.97 Å². The summed E-state index contributed by atoms with van der Waals surface area (Å²) in [5.41, 5.74) is 0.270. The van der Waals surface area contributed by atoms with Gasteiger partial charge in [-0.25, -0.2) is 4.79 Å². The van der Waals surface area contributed by atoms with Gasteiger partial charge in [0.1, 0.15) is 5.75 Å². The lowest BCUT2D eigenvalue weighted by molar-refractivity contribution is 0.0696. The molecule has 0 atom stereocenters. The molecule has 0 aliphatic heterocycles.